The summed E-state index contributed by atoms with van der Waals surface area (Å²) in [5, 5.41) is 0.0340. The molecule has 0 saturated carbocycles. The van der Waals surface area contributed by atoms with Gasteiger partial charge in [0.1, 0.15) is 6.04 Å². The standard InChI is InChI=1S/C13H27NO5SSi/c1-13(2,3)21(6,7)19-10-8-11(12(15)18-4)14(9-10)20(5,16)17/h10-11H,8-9H2,1-7H3. The van der Waals surface area contributed by atoms with Crippen LogP contribution in [0.2, 0.25) is 18.1 Å². The van der Waals surface area contributed by atoms with Gasteiger partial charge in [0.2, 0.25) is 10.0 Å². The summed E-state index contributed by atoms with van der Waals surface area (Å²) >= 11 is 0. The number of methoxy groups -OCH3 is 1. The van der Waals surface area contributed by atoms with Crippen molar-refractivity contribution in [1.29, 1.82) is 0 Å². The number of carbonyl (C=O) groups excluding carboxylic acids is 1. The highest BCUT2D eigenvalue weighted by Gasteiger charge is 2.47. The molecule has 0 bridgehead atoms. The Balaban J connectivity index is 2.93. The van der Waals surface area contributed by atoms with Gasteiger partial charge in [0.15, 0.2) is 8.32 Å². The second kappa shape index (κ2) is 5.98. The lowest BCUT2D eigenvalue weighted by Crippen LogP contribution is -2.44. The number of nitrogens with zero attached hydrogens (tertiary/aromatic N) is 1. The van der Waals surface area contributed by atoms with Crippen molar-refractivity contribution in [3.63, 3.8) is 0 Å². The minimum atomic E-state index is -3.46. The van der Waals surface area contributed by atoms with Crippen LogP contribution in [0.3, 0.4) is 0 Å². The van der Waals surface area contributed by atoms with Crippen molar-refractivity contribution in [3.05, 3.63) is 0 Å². The average molecular weight is 338 g/mol. The lowest BCUT2D eigenvalue weighted by atomic mass is 10.2. The molecule has 1 fully saturated rings. The van der Waals surface area contributed by atoms with E-state index in [9.17, 15) is 13.2 Å². The van der Waals surface area contributed by atoms with Crippen LogP contribution in [0.4, 0.5) is 0 Å². The van der Waals surface area contributed by atoms with Crippen molar-refractivity contribution in [2.75, 3.05) is 19.9 Å². The first-order chi connectivity index (χ1) is 9.29. The van der Waals surface area contributed by atoms with Crippen LogP contribution in [-0.4, -0.2) is 59.1 Å². The van der Waals surface area contributed by atoms with E-state index in [1.165, 1.54) is 11.4 Å². The first-order valence-electron chi connectivity index (χ1n) is 7.02. The number of carbonyl (C=O) groups is 1. The van der Waals surface area contributed by atoms with E-state index in [2.05, 4.69) is 33.9 Å². The molecule has 124 valence electrons. The van der Waals surface area contributed by atoms with E-state index in [0.29, 0.717) is 6.42 Å². The fourth-order valence-electron chi connectivity index (χ4n) is 2.16. The zero-order chi connectivity index (χ0) is 16.6. The number of esters is 1. The molecule has 2 unspecified atom stereocenters. The fraction of sp³-hybridized carbons (Fsp3) is 0.923. The summed E-state index contributed by atoms with van der Waals surface area (Å²) in [7, 11) is -4.20. The molecule has 0 aromatic heterocycles. The third-order valence-electron chi connectivity index (χ3n) is 4.38. The largest absolute Gasteiger partial charge is 0.468 e. The molecule has 1 aliphatic rings. The van der Waals surface area contributed by atoms with Crippen molar-refractivity contribution in [2.24, 2.45) is 0 Å². The minimum absolute atomic E-state index is 0.0340. The molecule has 0 amide bonds. The van der Waals surface area contributed by atoms with Gasteiger partial charge in [0.25, 0.3) is 0 Å². The van der Waals surface area contributed by atoms with Gasteiger partial charge in [-0.2, -0.15) is 4.31 Å². The van der Waals surface area contributed by atoms with Crippen molar-refractivity contribution >= 4 is 24.3 Å². The Kier molecular flexibility index (Phi) is 5.30. The molecule has 0 radical (unpaired) electrons. The van der Waals surface area contributed by atoms with E-state index >= 15 is 0 Å². The second-order valence-electron chi connectivity index (χ2n) is 7.11. The highest BCUT2D eigenvalue weighted by molar-refractivity contribution is 7.88. The maximum Gasteiger partial charge on any atom is 0.324 e. The van der Waals surface area contributed by atoms with Crippen LogP contribution in [0.15, 0.2) is 0 Å². The topological polar surface area (TPSA) is 72.9 Å². The molecule has 0 aromatic rings. The smallest absolute Gasteiger partial charge is 0.324 e. The van der Waals surface area contributed by atoms with Gasteiger partial charge >= 0.3 is 5.97 Å². The molecule has 1 aliphatic heterocycles. The predicted octanol–water partition coefficient (Wildman–Crippen LogP) is 1.58. The Bertz CT molecular complexity index is 497. The monoisotopic (exact) mass is 337 g/mol. The van der Waals surface area contributed by atoms with Gasteiger partial charge in [-0.3, -0.25) is 4.79 Å². The van der Waals surface area contributed by atoms with Crippen LogP contribution in [0.1, 0.15) is 27.2 Å². The zero-order valence-corrected chi connectivity index (χ0v) is 15.8. The SMILES string of the molecule is COC(=O)C1CC(O[Si](C)(C)C(C)(C)C)CN1S(C)(=O)=O. The first kappa shape index (κ1) is 18.6. The number of ether oxygens (including phenoxy) is 1. The molecule has 1 rings (SSSR count). The molecule has 0 aliphatic carbocycles. The predicted molar refractivity (Wildman–Crippen MR) is 84.0 cm³/mol. The third kappa shape index (κ3) is 4.27. The van der Waals surface area contributed by atoms with Crippen molar-refractivity contribution < 1.29 is 22.4 Å². The van der Waals surface area contributed by atoms with E-state index in [4.69, 9.17) is 9.16 Å². The van der Waals surface area contributed by atoms with E-state index in [1.807, 2.05) is 0 Å². The number of sulfonamides is 1. The average Bonchev–Trinajstić information content (AvgIpc) is 2.69. The van der Waals surface area contributed by atoms with Crippen LogP contribution in [0.25, 0.3) is 0 Å². The van der Waals surface area contributed by atoms with E-state index < -0.39 is 30.4 Å². The van der Waals surface area contributed by atoms with Crippen molar-refractivity contribution in [2.45, 2.75) is 57.5 Å². The normalized spacial score (nSPS) is 25.1. The van der Waals surface area contributed by atoms with Gasteiger partial charge in [-0.25, -0.2) is 8.42 Å². The van der Waals surface area contributed by atoms with Crippen LogP contribution in [-0.2, 0) is 24.0 Å². The van der Waals surface area contributed by atoms with Crippen molar-refractivity contribution in [3.8, 4) is 0 Å². The van der Waals surface area contributed by atoms with Gasteiger partial charge in [0.05, 0.1) is 19.5 Å². The van der Waals surface area contributed by atoms with Gasteiger partial charge < -0.3 is 9.16 Å². The summed E-state index contributed by atoms with van der Waals surface area (Å²) in [6.45, 7) is 10.8. The fourth-order valence-corrected chi connectivity index (χ4v) is 4.59. The Morgan fingerprint density at radius 3 is 2.19 bits per heavy atom. The lowest BCUT2D eigenvalue weighted by molar-refractivity contribution is -0.144. The second-order valence-corrected chi connectivity index (χ2v) is 13.8. The Hall–Kier alpha value is -0.443. The number of hydrogen-bond donors (Lipinski definition) is 0. The Labute approximate surface area is 129 Å². The summed E-state index contributed by atoms with van der Waals surface area (Å²) in [6, 6.07) is -0.778. The highest BCUT2D eigenvalue weighted by Crippen LogP contribution is 2.39. The summed E-state index contributed by atoms with van der Waals surface area (Å²) in [5.41, 5.74) is 0. The number of rotatable bonds is 4. The lowest BCUT2D eigenvalue weighted by Gasteiger charge is -2.38. The molecular weight excluding hydrogens is 310 g/mol. The van der Waals surface area contributed by atoms with Crippen LogP contribution < -0.4 is 0 Å². The van der Waals surface area contributed by atoms with E-state index in [0.717, 1.165) is 6.26 Å². The molecule has 6 nitrogen and oxygen atoms in total. The van der Waals surface area contributed by atoms with Gasteiger partial charge in [-0.1, -0.05) is 20.8 Å². The van der Waals surface area contributed by atoms with E-state index in [-0.39, 0.29) is 17.7 Å². The Morgan fingerprint density at radius 1 is 1.29 bits per heavy atom. The molecule has 0 aromatic carbocycles. The van der Waals surface area contributed by atoms with Gasteiger partial charge in [0, 0.05) is 13.0 Å². The molecule has 8 heteroatoms. The molecule has 0 N–H and O–H groups in total. The highest BCUT2D eigenvalue weighted by atomic mass is 32.2. The van der Waals surface area contributed by atoms with E-state index in [1.54, 1.807) is 0 Å². The minimum Gasteiger partial charge on any atom is -0.468 e. The molecule has 21 heavy (non-hydrogen) atoms. The molecule has 1 saturated heterocycles. The first-order valence-corrected chi connectivity index (χ1v) is 11.8. The molecule has 1 heterocycles. The summed E-state index contributed by atoms with van der Waals surface area (Å²) in [5.74, 6) is -0.526. The zero-order valence-electron chi connectivity index (χ0n) is 14.0. The third-order valence-corrected chi connectivity index (χ3v) is 10.2. The van der Waals surface area contributed by atoms with Gasteiger partial charge in [-0.15, -0.1) is 0 Å². The van der Waals surface area contributed by atoms with Crippen LogP contribution >= 0.6 is 0 Å². The summed E-state index contributed by atoms with van der Waals surface area (Å²) < 4.78 is 35.8. The molecular formula is C13H27NO5SSi. The summed E-state index contributed by atoms with van der Waals surface area (Å²) in [6.07, 6.45) is 1.20. The summed E-state index contributed by atoms with van der Waals surface area (Å²) in [4.78, 5) is 11.8. The maximum atomic E-state index is 11.8. The van der Waals surface area contributed by atoms with Crippen LogP contribution in [0, 0.1) is 0 Å². The molecule has 2 atom stereocenters. The van der Waals surface area contributed by atoms with Crippen LogP contribution in [0.5, 0.6) is 0 Å². The quantitative estimate of drug-likeness (QED) is 0.575. The maximum absolute atomic E-state index is 11.8. The number of hydrogen-bond acceptors (Lipinski definition) is 5. The molecule has 0 spiro atoms. The van der Waals surface area contributed by atoms with Gasteiger partial charge in [-0.05, 0) is 18.1 Å². The Morgan fingerprint density at radius 2 is 1.81 bits per heavy atom. The van der Waals surface area contributed by atoms with Crippen molar-refractivity contribution in [1.82, 2.24) is 4.31 Å².